The maximum absolute atomic E-state index is 12.3. The van der Waals surface area contributed by atoms with E-state index in [2.05, 4.69) is 4.98 Å². The first-order chi connectivity index (χ1) is 9.40. The number of carbonyl (C=O) groups excluding carboxylic acids is 1. The fourth-order valence-electron chi connectivity index (χ4n) is 1.84. The van der Waals surface area contributed by atoms with Gasteiger partial charge in [0, 0.05) is 30.0 Å². The van der Waals surface area contributed by atoms with Crippen LogP contribution in [-0.2, 0) is 0 Å². The van der Waals surface area contributed by atoms with Gasteiger partial charge in [-0.05, 0) is 25.1 Å². The van der Waals surface area contributed by atoms with Crippen LogP contribution in [0.4, 0.5) is 11.4 Å². The van der Waals surface area contributed by atoms with Crippen molar-refractivity contribution < 1.29 is 4.79 Å². The van der Waals surface area contributed by atoms with Crippen molar-refractivity contribution in [2.24, 2.45) is 0 Å². The molecule has 0 bridgehead atoms. The smallest absolute Gasteiger partial charge is 0.263 e. The highest BCUT2D eigenvalue weighted by Crippen LogP contribution is 2.26. The first-order valence-corrected chi connectivity index (χ1v) is 6.30. The van der Waals surface area contributed by atoms with E-state index < -0.39 is 5.91 Å². The van der Waals surface area contributed by atoms with Crippen molar-refractivity contribution in [3.05, 3.63) is 57.0 Å². The number of aromatic amines is 1. The minimum Gasteiger partial charge on any atom is -0.397 e. The molecule has 1 heterocycles. The van der Waals surface area contributed by atoms with Crippen molar-refractivity contribution in [3.63, 3.8) is 0 Å². The highest BCUT2D eigenvalue weighted by Gasteiger charge is 2.18. The highest BCUT2D eigenvalue weighted by atomic mass is 35.5. The standard InChI is InChI=1S/C14H14ClN3O2/c1-8-5-13(19)10(7-17-8)14(20)18(2)12-6-9(15)3-4-11(12)16/h3-7H,16H2,1-2H3,(H,17,19). The summed E-state index contributed by atoms with van der Waals surface area (Å²) in [6.07, 6.45) is 1.40. The van der Waals surface area contributed by atoms with Gasteiger partial charge in [0.1, 0.15) is 5.56 Å². The summed E-state index contributed by atoms with van der Waals surface area (Å²) in [7, 11) is 1.55. The summed E-state index contributed by atoms with van der Waals surface area (Å²) in [6, 6.07) is 6.21. The largest absolute Gasteiger partial charge is 0.397 e. The maximum atomic E-state index is 12.3. The number of nitrogens with one attached hydrogen (secondary N) is 1. The molecule has 0 spiro atoms. The summed E-state index contributed by atoms with van der Waals surface area (Å²) in [5.41, 5.74) is 7.11. The van der Waals surface area contributed by atoms with Gasteiger partial charge in [0.2, 0.25) is 0 Å². The van der Waals surface area contributed by atoms with E-state index in [1.807, 2.05) is 0 Å². The zero-order valence-electron chi connectivity index (χ0n) is 11.1. The SMILES string of the molecule is Cc1cc(=O)c(C(=O)N(C)c2cc(Cl)ccc2N)c[nH]1. The molecule has 1 aromatic heterocycles. The fourth-order valence-corrected chi connectivity index (χ4v) is 2.00. The van der Waals surface area contributed by atoms with Crippen LogP contribution in [0.1, 0.15) is 16.1 Å². The number of H-pyrrole nitrogens is 1. The zero-order valence-corrected chi connectivity index (χ0v) is 11.9. The molecule has 2 rings (SSSR count). The molecule has 2 aromatic rings. The van der Waals surface area contributed by atoms with Gasteiger partial charge in [-0.1, -0.05) is 11.6 Å². The Morgan fingerprint density at radius 1 is 1.35 bits per heavy atom. The number of carbonyl (C=O) groups is 1. The molecule has 1 aromatic carbocycles. The van der Waals surface area contributed by atoms with Gasteiger partial charge in [-0.3, -0.25) is 9.59 Å². The van der Waals surface area contributed by atoms with Crippen molar-refractivity contribution in [1.29, 1.82) is 0 Å². The molecule has 0 saturated heterocycles. The van der Waals surface area contributed by atoms with E-state index in [1.54, 1.807) is 32.2 Å². The molecule has 0 aliphatic carbocycles. The van der Waals surface area contributed by atoms with Crippen LogP contribution in [0.2, 0.25) is 5.02 Å². The Kier molecular flexibility index (Phi) is 3.81. The lowest BCUT2D eigenvalue weighted by molar-refractivity contribution is 0.0991. The number of nitrogens with zero attached hydrogens (tertiary/aromatic N) is 1. The summed E-state index contributed by atoms with van der Waals surface area (Å²) in [4.78, 5) is 28.3. The molecule has 5 nitrogen and oxygen atoms in total. The molecule has 0 aliphatic heterocycles. The van der Waals surface area contributed by atoms with E-state index in [9.17, 15) is 9.59 Å². The molecule has 0 radical (unpaired) electrons. The monoisotopic (exact) mass is 291 g/mol. The molecular weight excluding hydrogens is 278 g/mol. The topological polar surface area (TPSA) is 79.2 Å². The van der Waals surface area contributed by atoms with Crippen molar-refractivity contribution in [3.8, 4) is 0 Å². The Hall–Kier alpha value is -2.27. The Balaban J connectivity index is 2.42. The second-order valence-electron chi connectivity index (χ2n) is 4.46. The van der Waals surface area contributed by atoms with Gasteiger partial charge in [0.25, 0.3) is 5.91 Å². The summed E-state index contributed by atoms with van der Waals surface area (Å²) < 4.78 is 0. The minimum atomic E-state index is -0.444. The number of hydrogen-bond donors (Lipinski definition) is 2. The van der Waals surface area contributed by atoms with Gasteiger partial charge < -0.3 is 15.6 Å². The van der Waals surface area contributed by atoms with Crippen LogP contribution in [-0.4, -0.2) is 17.9 Å². The molecule has 0 unspecified atom stereocenters. The fraction of sp³-hybridized carbons (Fsp3) is 0.143. The molecule has 3 N–H and O–H groups in total. The number of nitrogen functional groups attached to an aromatic ring is 1. The van der Waals surface area contributed by atoms with Gasteiger partial charge in [-0.2, -0.15) is 0 Å². The number of halogens is 1. The number of aryl methyl sites for hydroxylation is 1. The van der Waals surface area contributed by atoms with Crippen molar-refractivity contribution >= 4 is 28.9 Å². The molecular formula is C14H14ClN3O2. The van der Waals surface area contributed by atoms with Gasteiger partial charge in [0.15, 0.2) is 5.43 Å². The van der Waals surface area contributed by atoms with E-state index in [0.717, 1.165) is 0 Å². The molecule has 1 amide bonds. The number of pyridine rings is 1. The third kappa shape index (κ3) is 2.67. The van der Waals surface area contributed by atoms with Gasteiger partial charge in [-0.15, -0.1) is 0 Å². The highest BCUT2D eigenvalue weighted by molar-refractivity contribution is 6.31. The van der Waals surface area contributed by atoms with Gasteiger partial charge in [0.05, 0.1) is 11.4 Å². The quantitative estimate of drug-likeness (QED) is 0.833. The molecule has 0 atom stereocenters. The Morgan fingerprint density at radius 3 is 2.70 bits per heavy atom. The van der Waals surface area contributed by atoms with Crippen molar-refractivity contribution in [2.45, 2.75) is 6.92 Å². The third-order valence-electron chi connectivity index (χ3n) is 2.95. The van der Waals surface area contributed by atoms with E-state index in [4.69, 9.17) is 17.3 Å². The van der Waals surface area contributed by atoms with Gasteiger partial charge in [-0.25, -0.2) is 0 Å². The average Bonchev–Trinajstić information content (AvgIpc) is 2.40. The summed E-state index contributed by atoms with van der Waals surface area (Å²) >= 11 is 5.90. The lowest BCUT2D eigenvalue weighted by Gasteiger charge is -2.19. The Labute approximate surface area is 121 Å². The lowest BCUT2D eigenvalue weighted by atomic mass is 10.2. The minimum absolute atomic E-state index is 0.0532. The Morgan fingerprint density at radius 2 is 2.05 bits per heavy atom. The predicted octanol–water partition coefficient (Wildman–Crippen LogP) is 2.20. The Bertz CT molecular complexity index is 725. The van der Waals surface area contributed by atoms with Gasteiger partial charge >= 0.3 is 0 Å². The van der Waals surface area contributed by atoms with Crippen LogP contribution in [0.5, 0.6) is 0 Å². The number of hydrogen-bond acceptors (Lipinski definition) is 3. The van der Waals surface area contributed by atoms with Crippen molar-refractivity contribution in [2.75, 3.05) is 17.7 Å². The molecule has 104 valence electrons. The number of nitrogens with two attached hydrogens (primary N) is 1. The lowest BCUT2D eigenvalue weighted by Crippen LogP contribution is -2.31. The van der Waals surface area contributed by atoms with Crippen LogP contribution in [0.3, 0.4) is 0 Å². The second kappa shape index (κ2) is 5.38. The molecule has 0 fully saturated rings. The second-order valence-corrected chi connectivity index (χ2v) is 4.90. The van der Waals surface area contributed by atoms with Crippen LogP contribution in [0.15, 0.2) is 35.3 Å². The molecule has 20 heavy (non-hydrogen) atoms. The van der Waals surface area contributed by atoms with Crippen LogP contribution in [0, 0.1) is 6.92 Å². The third-order valence-corrected chi connectivity index (χ3v) is 3.18. The summed E-state index contributed by atoms with van der Waals surface area (Å²) in [6.45, 7) is 1.74. The van der Waals surface area contributed by atoms with Crippen molar-refractivity contribution in [1.82, 2.24) is 4.98 Å². The maximum Gasteiger partial charge on any atom is 0.263 e. The number of anilines is 2. The predicted molar refractivity (Wildman–Crippen MR) is 80.4 cm³/mol. The number of benzene rings is 1. The van der Waals surface area contributed by atoms with Crippen LogP contribution < -0.4 is 16.1 Å². The van der Waals surface area contributed by atoms with E-state index in [1.165, 1.54) is 17.2 Å². The number of rotatable bonds is 2. The van der Waals surface area contributed by atoms with E-state index in [0.29, 0.717) is 22.1 Å². The number of amides is 1. The number of aromatic nitrogens is 1. The zero-order chi connectivity index (χ0) is 14.9. The average molecular weight is 292 g/mol. The summed E-state index contributed by atoms with van der Waals surface area (Å²) in [5, 5.41) is 0.465. The normalized spacial score (nSPS) is 10.3. The first kappa shape index (κ1) is 14.1. The molecule has 6 heteroatoms. The summed E-state index contributed by atoms with van der Waals surface area (Å²) in [5.74, 6) is -0.444. The van der Waals surface area contributed by atoms with E-state index >= 15 is 0 Å². The van der Waals surface area contributed by atoms with Crippen LogP contribution in [0.25, 0.3) is 0 Å². The van der Waals surface area contributed by atoms with Crippen LogP contribution >= 0.6 is 11.6 Å². The molecule has 0 saturated carbocycles. The van der Waals surface area contributed by atoms with E-state index in [-0.39, 0.29) is 11.0 Å². The molecule has 0 aliphatic rings. The first-order valence-electron chi connectivity index (χ1n) is 5.92.